The predicted octanol–water partition coefficient (Wildman–Crippen LogP) is 5.36. The van der Waals surface area contributed by atoms with Crippen LogP contribution in [0.2, 0.25) is 5.02 Å². The van der Waals surface area contributed by atoms with Crippen LogP contribution in [-0.4, -0.2) is 0 Å². The summed E-state index contributed by atoms with van der Waals surface area (Å²) in [5.74, 6) is 0. The van der Waals surface area contributed by atoms with Crippen LogP contribution in [0.15, 0.2) is 46.9 Å². The van der Waals surface area contributed by atoms with Crippen molar-refractivity contribution in [3.05, 3.63) is 68.7 Å². The van der Waals surface area contributed by atoms with E-state index in [0.717, 1.165) is 16.6 Å². The molecule has 0 saturated heterocycles. The molecule has 6 heteroatoms. The minimum atomic E-state index is -4.35. The minimum Gasteiger partial charge on any atom is -0.324 e. The van der Waals surface area contributed by atoms with Gasteiger partial charge in [0.2, 0.25) is 0 Å². The van der Waals surface area contributed by atoms with E-state index in [9.17, 15) is 13.2 Å². The van der Waals surface area contributed by atoms with Crippen LogP contribution < -0.4 is 5.73 Å². The smallest absolute Gasteiger partial charge is 0.324 e. The first kappa shape index (κ1) is 16.3. The van der Waals surface area contributed by atoms with Crippen LogP contribution >= 0.6 is 27.5 Å². The summed E-state index contributed by atoms with van der Waals surface area (Å²) < 4.78 is 38.9. The van der Waals surface area contributed by atoms with Gasteiger partial charge in [-0.25, -0.2) is 0 Å². The second kappa shape index (κ2) is 6.38. The molecule has 1 nitrogen and oxygen atoms in total. The zero-order valence-corrected chi connectivity index (χ0v) is 13.1. The van der Waals surface area contributed by atoms with E-state index in [1.807, 2.05) is 0 Å². The van der Waals surface area contributed by atoms with Crippen molar-refractivity contribution in [2.75, 3.05) is 0 Å². The van der Waals surface area contributed by atoms with Crippen molar-refractivity contribution in [2.45, 2.75) is 18.6 Å². The van der Waals surface area contributed by atoms with Gasteiger partial charge in [-0.1, -0.05) is 51.8 Å². The lowest BCUT2D eigenvalue weighted by atomic mass is 9.98. The molecule has 1 unspecified atom stereocenters. The van der Waals surface area contributed by atoms with Crippen molar-refractivity contribution in [1.29, 1.82) is 0 Å². The van der Waals surface area contributed by atoms with E-state index in [1.165, 1.54) is 6.07 Å². The maximum absolute atomic E-state index is 12.7. The summed E-state index contributed by atoms with van der Waals surface area (Å²) in [7, 11) is 0. The van der Waals surface area contributed by atoms with Gasteiger partial charge in [-0.05, 0) is 35.7 Å². The Bertz CT molecular complexity index is 643. The summed E-state index contributed by atoms with van der Waals surface area (Å²) in [6.45, 7) is 0. The fourth-order valence-corrected chi connectivity index (χ4v) is 2.85. The quantitative estimate of drug-likeness (QED) is 0.764. The molecule has 2 rings (SSSR count). The highest BCUT2D eigenvalue weighted by Crippen LogP contribution is 2.31. The number of alkyl halides is 3. The first-order valence-electron chi connectivity index (χ1n) is 6.14. The Morgan fingerprint density at radius 2 is 1.86 bits per heavy atom. The molecule has 2 aromatic rings. The van der Waals surface area contributed by atoms with Crippen LogP contribution in [-0.2, 0) is 12.6 Å². The monoisotopic (exact) mass is 377 g/mol. The molecule has 0 aliphatic carbocycles. The Morgan fingerprint density at radius 1 is 1.14 bits per heavy atom. The van der Waals surface area contributed by atoms with Gasteiger partial charge in [0.15, 0.2) is 0 Å². The first-order valence-corrected chi connectivity index (χ1v) is 7.31. The summed E-state index contributed by atoms with van der Waals surface area (Å²) in [4.78, 5) is 0. The van der Waals surface area contributed by atoms with Gasteiger partial charge in [0.1, 0.15) is 0 Å². The van der Waals surface area contributed by atoms with Crippen LogP contribution in [0.25, 0.3) is 0 Å². The molecule has 2 N–H and O–H groups in total. The lowest BCUT2D eigenvalue weighted by Gasteiger charge is -2.15. The Labute approximate surface area is 134 Å². The van der Waals surface area contributed by atoms with Gasteiger partial charge in [-0.3, -0.25) is 0 Å². The highest BCUT2D eigenvalue weighted by Gasteiger charge is 2.30. The molecule has 2 aromatic carbocycles. The third-order valence-corrected chi connectivity index (χ3v) is 3.89. The van der Waals surface area contributed by atoms with Gasteiger partial charge < -0.3 is 5.73 Å². The molecule has 0 aromatic heterocycles. The largest absolute Gasteiger partial charge is 0.416 e. The Morgan fingerprint density at radius 3 is 2.48 bits per heavy atom. The lowest BCUT2D eigenvalue weighted by molar-refractivity contribution is -0.137. The van der Waals surface area contributed by atoms with Crippen molar-refractivity contribution >= 4 is 27.5 Å². The maximum Gasteiger partial charge on any atom is 0.416 e. The number of halogens is 5. The minimum absolute atomic E-state index is 0.283. The fourth-order valence-electron chi connectivity index (χ4n) is 2.04. The van der Waals surface area contributed by atoms with E-state index in [-0.39, 0.29) is 6.42 Å². The molecule has 0 spiro atoms. The van der Waals surface area contributed by atoms with Gasteiger partial charge >= 0.3 is 6.18 Å². The van der Waals surface area contributed by atoms with Crippen LogP contribution in [0.4, 0.5) is 13.2 Å². The van der Waals surface area contributed by atoms with Crippen molar-refractivity contribution in [3.8, 4) is 0 Å². The molecule has 0 radical (unpaired) electrons. The van der Waals surface area contributed by atoms with Gasteiger partial charge in [0.05, 0.1) is 5.56 Å². The Kier molecular flexibility index (Phi) is 4.96. The van der Waals surface area contributed by atoms with E-state index < -0.39 is 17.8 Å². The Hall–Kier alpha value is -1.04. The topological polar surface area (TPSA) is 26.0 Å². The molecule has 0 saturated carbocycles. The van der Waals surface area contributed by atoms with Crippen molar-refractivity contribution < 1.29 is 13.2 Å². The second-order valence-corrected chi connectivity index (χ2v) is 6.00. The summed E-state index contributed by atoms with van der Waals surface area (Å²) in [6, 6.07) is 9.99. The zero-order valence-electron chi connectivity index (χ0n) is 10.8. The first-order chi connectivity index (χ1) is 9.77. The second-order valence-electron chi connectivity index (χ2n) is 4.67. The lowest BCUT2D eigenvalue weighted by Crippen LogP contribution is -2.14. The molecule has 0 heterocycles. The summed E-state index contributed by atoms with van der Waals surface area (Å²) in [6.07, 6.45) is -4.07. The zero-order chi connectivity index (χ0) is 15.6. The molecule has 21 heavy (non-hydrogen) atoms. The van der Waals surface area contributed by atoms with Gasteiger partial charge in [-0.15, -0.1) is 0 Å². The van der Waals surface area contributed by atoms with Crippen LogP contribution in [0.3, 0.4) is 0 Å². The number of benzene rings is 2. The molecule has 1 atom stereocenters. The van der Waals surface area contributed by atoms with Gasteiger partial charge in [0.25, 0.3) is 0 Å². The molecule has 0 bridgehead atoms. The normalized spacial score (nSPS) is 13.2. The van der Waals surface area contributed by atoms with Crippen molar-refractivity contribution in [1.82, 2.24) is 0 Å². The average Bonchev–Trinajstić information content (AvgIpc) is 2.37. The summed E-state index contributed by atoms with van der Waals surface area (Å²) in [5.41, 5.74) is 6.61. The standard InChI is InChI=1S/C15H12BrClF3N/c16-11-4-5-12(13(17)8-11)14(21)7-9-2-1-3-10(6-9)15(18,19)20/h1-6,8,14H,7,21H2. The molecule has 0 aliphatic rings. The van der Waals surface area contributed by atoms with E-state index in [2.05, 4.69) is 15.9 Å². The predicted molar refractivity (Wildman–Crippen MR) is 81.2 cm³/mol. The number of nitrogens with two attached hydrogens (primary N) is 1. The van der Waals surface area contributed by atoms with Crippen molar-refractivity contribution in [2.24, 2.45) is 5.73 Å². The van der Waals surface area contributed by atoms with Crippen molar-refractivity contribution in [3.63, 3.8) is 0 Å². The fraction of sp³-hybridized carbons (Fsp3) is 0.200. The van der Waals surface area contributed by atoms with Gasteiger partial charge in [-0.2, -0.15) is 13.2 Å². The summed E-state index contributed by atoms with van der Waals surface area (Å²) >= 11 is 9.40. The Balaban J connectivity index is 2.21. The third-order valence-electron chi connectivity index (χ3n) is 3.07. The average molecular weight is 379 g/mol. The number of hydrogen-bond acceptors (Lipinski definition) is 1. The van der Waals surface area contributed by atoms with E-state index >= 15 is 0 Å². The van der Waals surface area contributed by atoms with E-state index in [4.69, 9.17) is 17.3 Å². The van der Waals surface area contributed by atoms with Crippen LogP contribution in [0, 0.1) is 0 Å². The SMILES string of the molecule is NC(Cc1cccc(C(F)(F)F)c1)c1ccc(Br)cc1Cl. The summed E-state index contributed by atoms with van der Waals surface area (Å²) in [5, 5.41) is 0.490. The number of rotatable bonds is 3. The third kappa shape index (κ3) is 4.22. The van der Waals surface area contributed by atoms with E-state index in [0.29, 0.717) is 16.1 Å². The highest BCUT2D eigenvalue weighted by molar-refractivity contribution is 9.10. The molecule has 0 amide bonds. The molecular formula is C15H12BrClF3N. The number of hydrogen-bond donors (Lipinski definition) is 1. The van der Waals surface area contributed by atoms with E-state index in [1.54, 1.807) is 24.3 Å². The molecule has 0 fully saturated rings. The highest BCUT2D eigenvalue weighted by atomic mass is 79.9. The van der Waals surface area contributed by atoms with Crippen LogP contribution in [0.5, 0.6) is 0 Å². The van der Waals surface area contributed by atoms with Gasteiger partial charge in [0, 0.05) is 15.5 Å². The molecular weight excluding hydrogens is 367 g/mol. The molecule has 0 aliphatic heterocycles. The maximum atomic E-state index is 12.7. The van der Waals surface area contributed by atoms with Crippen LogP contribution in [0.1, 0.15) is 22.7 Å². The molecule has 112 valence electrons.